The number of amides is 1. The Kier molecular flexibility index (Phi) is 8.21. The van der Waals surface area contributed by atoms with Crippen LogP contribution in [0.25, 0.3) is 0 Å². The summed E-state index contributed by atoms with van der Waals surface area (Å²) >= 11 is 3.41. The Morgan fingerprint density at radius 1 is 0.800 bits per heavy atom. The van der Waals surface area contributed by atoms with Crippen molar-refractivity contribution in [2.75, 3.05) is 5.33 Å². The van der Waals surface area contributed by atoms with Gasteiger partial charge in [-0.05, 0) is 35.2 Å². The maximum atomic E-state index is 12.8. The third kappa shape index (κ3) is 6.56. The fourth-order valence-electron chi connectivity index (χ4n) is 3.05. The molecular weight excluding hydrogens is 442 g/mol. The average Bonchev–Trinajstić information content (AvgIpc) is 2.79. The molecule has 0 radical (unpaired) electrons. The number of nitrogens with one attached hydrogen (secondary N) is 1. The van der Waals surface area contributed by atoms with Gasteiger partial charge in [0, 0.05) is 17.3 Å². The molecule has 1 N–H and O–H groups in total. The Balaban J connectivity index is 1.69. The van der Waals surface area contributed by atoms with Gasteiger partial charge >= 0.3 is 5.97 Å². The molecule has 0 saturated heterocycles. The Morgan fingerprint density at radius 2 is 1.40 bits per heavy atom. The SMILES string of the molecule is O=C(N[C@@H](Cc1ccccc1)C(=O)OCc1ccccc1)c1ccc(CCBr)cc1. The first-order valence-corrected chi connectivity index (χ1v) is 11.0. The molecule has 3 rings (SSSR count). The predicted octanol–water partition coefficient (Wildman–Crippen LogP) is 4.71. The molecule has 1 atom stereocenters. The van der Waals surface area contributed by atoms with Gasteiger partial charge in [-0.1, -0.05) is 88.7 Å². The van der Waals surface area contributed by atoms with E-state index in [0.717, 1.165) is 28.4 Å². The zero-order valence-electron chi connectivity index (χ0n) is 16.6. The van der Waals surface area contributed by atoms with E-state index >= 15 is 0 Å². The summed E-state index contributed by atoms with van der Waals surface area (Å²) in [6.07, 6.45) is 1.26. The molecule has 154 valence electrons. The van der Waals surface area contributed by atoms with Crippen LogP contribution in [-0.4, -0.2) is 23.2 Å². The highest BCUT2D eigenvalue weighted by atomic mass is 79.9. The topological polar surface area (TPSA) is 55.4 Å². The summed E-state index contributed by atoms with van der Waals surface area (Å²) in [4.78, 5) is 25.5. The van der Waals surface area contributed by atoms with E-state index in [9.17, 15) is 9.59 Å². The van der Waals surface area contributed by atoms with Crippen LogP contribution in [0.2, 0.25) is 0 Å². The first-order valence-electron chi connectivity index (χ1n) is 9.86. The fourth-order valence-corrected chi connectivity index (χ4v) is 3.50. The number of carbonyl (C=O) groups excluding carboxylic acids is 2. The molecule has 0 aliphatic heterocycles. The van der Waals surface area contributed by atoms with Crippen LogP contribution in [0.15, 0.2) is 84.9 Å². The predicted molar refractivity (Wildman–Crippen MR) is 122 cm³/mol. The van der Waals surface area contributed by atoms with Gasteiger partial charge in [-0.25, -0.2) is 4.79 Å². The Bertz CT molecular complexity index is 943. The van der Waals surface area contributed by atoms with Gasteiger partial charge in [0.25, 0.3) is 5.91 Å². The second-order valence-electron chi connectivity index (χ2n) is 6.94. The molecule has 30 heavy (non-hydrogen) atoms. The lowest BCUT2D eigenvalue weighted by molar-refractivity contribution is -0.147. The highest BCUT2D eigenvalue weighted by Gasteiger charge is 2.23. The summed E-state index contributed by atoms with van der Waals surface area (Å²) in [6, 6.07) is 25.7. The van der Waals surface area contributed by atoms with Crippen LogP contribution in [0.3, 0.4) is 0 Å². The summed E-state index contributed by atoms with van der Waals surface area (Å²) in [5.41, 5.74) is 3.51. The van der Waals surface area contributed by atoms with Crippen molar-refractivity contribution in [3.8, 4) is 0 Å². The van der Waals surface area contributed by atoms with E-state index in [2.05, 4.69) is 21.2 Å². The van der Waals surface area contributed by atoms with Gasteiger partial charge in [-0.2, -0.15) is 0 Å². The van der Waals surface area contributed by atoms with Crippen molar-refractivity contribution in [3.63, 3.8) is 0 Å². The molecule has 0 spiro atoms. The summed E-state index contributed by atoms with van der Waals surface area (Å²) < 4.78 is 5.49. The minimum absolute atomic E-state index is 0.169. The molecule has 0 fully saturated rings. The van der Waals surface area contributed by atoms with Crippen molar-refractivity contribution in [1.29, 1.82) is 0 Å². The molecule has 0 aromatic heterocycles. The lowest BCUT2D eigenvalue weighted by Gasteiger charge is -2.18. The van der Waals surface area contributed by atoms with Crippen LogP contribution in [-0.2, 0) is 29.0 Å². The second kappa shape index (κ2) is 11.3. The molecule has 0 saturated carbocycles. The van der Waals surface area contributed by atoms with Crippen molar-refractivity contribution in [2.45, 2.75) is 25.5 Å². The molecular formula is C25H24BrNO3. The van der Waals surface area contributed by atoms with Crippen LogP contribution in [0, 0.1) is 0 Å². The number of ether oxygens (including phenoxy) is 1. The lowest BCUT2D eigenvalue weighted by atomic mass is 10.0. The molecule has 3 aromatic rings. The van der Waals surface area contributed by atoms with E-state index in [1.54, 1.807) is 12.1 Å². The number of hydrogen-bond acceptors (Lipinski definition) is 3. The van der Waals surface area contributed by atoms with Crippen LogP contribution >= 0.6 is 15.9 Å². The molecule has 0 heterocycles. The molecule has 1 amide bonds. The highest BCUT2D eigenvalue weighted by Crippen LogP contribution is 2.10. The zero-order chi connectivity index (χ0) is 21.2. The quantitative estimate of drug-likeness (QED) is 0.367. The number of benzene rings is 3. The van der Waals surface area contributed by atoms with E-state index in [1.165, 1.54) is 0 Å². The largest absolute Gasteiger partial charge is 0.459 e. The van der Waals surface area contributed by atoms with Gasteiger partial charge in [-0.15, -0.1) is 0 Å². The van der Waals surface area contributed by atoms with Crippen LogP contribution in [0.5, 0.6) is 0 Å². The molecule has 5 heteroatoms. The normalized spacial score (nSPS) is 11.5. The minimum atomic E-state index is -0.772. The fraction of sp³-hybridized carbons (Fsp3) is 0.200. The van der Waals surface area contributed by atoms with E-state index in [-0.39, 0.29) is 12.5 Å². The van der Waals surface area contributed by atoms with Crippen molar-refractivity contribution in [2.24, 2.45) is 0 Å². The molecule has 3 aromatic carbocycles. The van der Waals surface area contributed by atoms with Gasteiger partial charge < -0.3 is 10.1 Å². The van der Waals surface area contributed by atoms with E-state index in [4.69, 9.17) is 4.74 Å². The average molecular weight is 466 g/mol. The van der Waals surface area contributed by atoms with Crippen molar-refractivity contribution < 1.29 is 14.3 Å². The summed E-state index contributed by atoms with van der Waals surface area (Å²) in [5, 5.41) is 3.71. The van der Waals surface area contributed by atoms with Crippen LogP contribution < -0.4 is 5.32 Å². The molecule has 0 aliphatic rings. The van der Waals surface area contributed by atoms with Crippen molar-refractivity contribution >= 4 is 27.8 Å². The maximum absolute atomic E-state index is 12.8. The third-order valence-corrected chi connectivity index (χ3v) is 5.09. The Labute approximate surface area is 185 Å². The molecule has 0 unspecified atom stereocenters. The van der Waals surface area contributed by atoms with Gasteiger partial charge in [0.2, 0.25) is 0 Å². The van der Waals surface area contributed by atoms with Crippen molar-refractivity contribution in [3.05, 3.63) is 107 Å². The number of esters is 1. The number of alkyl halides is 1. The van der Waals surface area contributed by atoms with Crippen LogP contribution in [0.4, 0.5) is 0 Å². The number of rotatable bonds is 9. The first-order chi connectivity index (χ1) is 14.7. The summed E-state index contributed by atoms with van der Waals surface area (Å²) in [5.74, 6) is -0.745. The summed E-state index contributed by atoms with van der Waals surface area (Å²) in [7, 11) is 0. The number of aryl methyl sites for hydroxylation is 1. The van der Waals surface area contributed by atoms with E-state index < -0.39 is 12.0 Å². The molecule has 0 bridgehead atoms. The van der Waals surface area contributed by atoms with Gasteiger partial charge in [0.1, 0.15) is 12.6 Å². The maximum Gasteiger partial charge on any atom is 0.329 e. The molecule has 4 nitrogen and oxygen atoms in total. The zero-order valence-corrected chi connectivity index (χ0v) is 18.2. The number of hydrogen-bond donors (Lipinski definition) is 1. The summed E-state index contributed by atoms with van der Waals surface area (Å²) in [6.45, 7) is 0.169. The van der Waals surface area contributed by atoms with E-state index in [1.807, 2.05) is 72.8 Å². The third-order valence-electron chi connectivity index (χ3n) is 4.70. The van der Waals surface area contributed by atoms with Crippen molar-refractivity contribution in [1.82, 2.24) is 5.32 Å². The Morgan fingerprint density at radius 3 is 2.00 bits per heavy atom. The van der Waals surface area contributed by atoms with Gasteiger partial charge in [-0.3, -0.25) is 4.79 Å². The monoisotopic (exact) mass is 465 g/mol. The van der Waals surface area contributed by atoms with Gasteiger partial charge in [0.15, 0.2) is 0 Å². The Hall–Kier alpha value is -2.92. The molecule has 0 aliphatic carbocycles. The van der Waals surface area contributed by atoms with Crippen LogP contribution in [0.1, 0.15) is 27.0 Å². The number of carbonyl (C=O) groups is 2. The minimum Gasteiger partial charge on any atom is -0.459 e. The number of halogens is 1. The van der Waals surface area contributed by atoms with E-state index in [0.29, 0.717) is 12.0 Å². The first kappa shape index (κ1) is 21.8. The highest BCUT2D eigenvalue weighted by molar-refractivity contribution is 9.09. The lowest BCUT2D eigenvalue weighted by Crippen LogP contribution is -2.43. The standard InChI is InChI=1S/C25H24BrNO3/c26-16-15-19-11-13-22(14-12-19)24(28)27-23(17-20-7-3-1-4-8-20)25(29)30-18-21-9-5-2-6-10-21/h1-14,23H,15-18H2,(H,27,28)/t23-/m0/s1. The second-order valence-corrected chi connectivity index (χ2v) is 7.74. The smallest absolute Gasteiger partial charge is 0.329 e. The van der Waals surface area contributed by atoms with Gasteiger partial charge in [0.05, 0.1) is 0 Å².